The molecule has 0 fully saturated rings. The molecule has 0 unspecified atom stereocenters. The highest BCUT2D eigenvalue weighted by Gasteiger charge is 2.05. The van der Waals surface area contributed by atoms with Gasteiger partial charge in [0.1, 0.15) is 5.75 Å². The van der Waals surface area contributed by atoms with E-state index in [1.165, 1.54) is 5.69 Å². The van der Waals surface area contributed by atoms with Crippen LogP contribution in [0.4, 0.5) is 11.4 Å². The summed E-state index contributed by atoms with van der Waals surface area (Å²) < 4.78 is 5.72. The Morgan fingerprint density at radius 2 is 1.72 bits per heavy atom. The van der Waals surface area contributed by atoms with E-state index in [0.717, 1.165) is 30.1 Å². The van der Waals surface area contributed by atoms with E-state index >= 15 is 0 Å². The standard InChI is InChI=1S/C21H28N2O2/c1-4-23(5-2)19-14-12-18(13-15-19)22-21(24)11-8-16-25-20-10-7-6-9-17(20)3/h6-7,9-10,12-15H,4-5,8,11,16H2,1-3H3,(H,22,24). The fraction of sp³-hybridized carbons (Fsp3) is 0.381. The van der Waals surface area contributed by atoms with E-state index in [1.807, 2.05) is 55.5 Å². The molecule has 0 atom stereocenters. The Morgan fingerprint density at radius 1 is 1.04 bits per heavy atom. The Hall–Kier alpha value is -2.49. The minimum atomic E-state index is 0.0176. The first kappa shape index (κ1) is 18.8. The van der Waals surface area contributed by atoms with Crippen LogP contribution in [-0.4, -0.2) is 25.6 Å². The number of hydrogen-bond acceptors (Lipinski definition) is 3. The predicted molar refractivity (Wildman–Crippen MR) is 105 cm³/mol. The van der Waals surface area contributed by atoms with Crippen LogP contribution in [0, 0.1) is 6.92 Å². The minimum Gasteiger partial charge on any atom is -0.493 e. The highest BCUT2D eigenvalue weighted by molar-refractivity contribution is 5.90. The van der Waals surface area contributed by atoms with Crippen molar-refractivity contribution in [3.05, 3.63) is 54.1 Å². The van der Waals surface area contributed by atoms with Crippen molar-refractivity contribution in [3.63, 3.8) is 0 Å². The van der Waals surface area contributed by atoms with Gasteiger partial charge in [-0.3, -0.25) is 4.79 Å². The van der Waals surface area contributed by atoms with Gasteiger partial charge in [0.2, 0.25) is 5.91 Å². The number of carbonyl (C=O) groups excluding carboxylic acids is 1. The van der Waals surface area contributed by atoms with Crippen molar-refractivity contribution < 1.29 is 9.53 Å². The van der Waals surface area contributed by atoms with Crippen LogP contribution in [0.25, 0.3) is 0 Å². The van der Waals surface area contributed by atoms with Crippen LogP contribution < -0.4 is 15.0 Å². The summed E-state index contributed by atoms with van der Waals surface area (Å²) in [5, 5.41) is 2.94. The molecule has 2 rings (SSSR count). The maximum Gasteiger partial charge on any atom is 0.224 e. The maximum absolute atomic E-state index is 12.0. The highest BCUT2D eigenvalue weighted by Crippen LogP contribution is 2.18. The monoisotopic (exact) mass is 340 g/mol. The molecule has 1 N–H and O–H groups in total. The molecule has 0 aliphatic heterocycles. The van der Waals surface area contributed by atoms with Gasteiger partial charge in [0.25, 0.3) is 0 Å². The van der Waals surface area contributed by atoms with Crippen molar-refractivity contribution in [2.75, 3.05) is 29.9 Å². The van der Waals surface area contributed by atoms with Gasteiger partial charge in [-0.25, -0.2) is 0 Å². The second-order valence-corrected chi connectivity index (χ2v) is 5.98. The number of para-hydroxylation sites is 1. The predicted octanol–water partition coefficient (Wildman–Crippen LogP) is 4.64. The molecular formula is C21H28N2O2. The molecule has 0 saturated carbocycles. The molecule has 0 aromatic heterocycles. The van der Waals surface area contributed by atoms with E-state index in [4.69, 9.17) is 4.74 Å². The van der Waals surface area contributed by atoms with Gasteiger partial charge in [0, 0.05) is 30.9 Å². The second-order valence-electron chi connectivity index (χ2n) is 5.98. The lowest BCUT2D eigenvalue weighted by atomic mass is 10.2. The van der Waals surface area contributed by atoms with E-state index in [1.54, 1.807) is 0 Å². The van der Waals surface area contributed by atoms with Crippen molar-refractivity contribution in [1.29, 1.82) is 0 Å². The average Bonchev–Trinajstić information content (AvgIpc) is 2.62. The smallest absolute Gasteiger partial charge is 0.224 e. The maximum atomic E-state index is 12.0. The van der Waals surface area contributed by atoms with E-state index in [-0.39, 0.29) is 5.91 Å². The molecule has 134 valence electrons. The molecule has 0 bridgehead atoms. The summed E-state index contributed by atoms with van der Waals surface area (Å²) in [4.78, 5) is 14.3. The highest BCUT2D eigenvalue weighted by atomic mass is 16.5. The molecule has 0 aliphatic rings. The Balaban J connectivity index is 1.74. The van der Waals surface area contributed by atoms with Gasteiger partial charge in [-0.2, -0.15) is 0 Å². The van der Waals surface area contributed by atoms with Gasteiger partial charge in [0.15, 0.2) is 0 Å². The zero-order valence-corrected chi connectivity index (χ0v) is 15.4. The Kier molecular flexibility index (Phi) is 7.33. The van der Waals surface area contributed by atoms with Gasteiger partial charge in [-0.05, 0) is 63.1 Å². The quantitative estimate of drug-likeness (QED) is 0.676. The molecule has 1 amide bonds. The van der Waals surface area contributed by atoms with Crippen LogP contribution in [0.2, 0.25) is 0 Å². The Bertz CT molecular complexity index is 664. The summed E-state index contributed by atoms with van der Waals surface area (Å²) in [6.45, 7) is 8.78. The van der Waals surface area contributed by atoms with Crippen LogP contribution in [0.3, 0.4) is 0 Å². The first-order valence-corrected chi connectivity index (χ1v) is 8.97. The van der Waals surface area contributed by atoms with E-state index in [2.05, 4.69) is 24.1 Å². The summed E-state index contributed by atoms with van der Waals surface area (Å²) in [7, 11) is 0. The first-order chi connectivity index (χ1) is 12.1. The van der Waals surface area contributed by atoms with Gasteiger partial charge in [0.05, 0.1) is 6.61 Å². The fourth-order valence-corrected chi connectivity index (χ4v) is 2.70. The average molecular weight is 340 g/mol. The summed E-state index contributed by atoms with van der Waals surface area (Å²) in [5.41, 5.74) is 3.12. The molecular weight excluding hydrogens is 312 g/mol. The first-order valence-electron chi connectivity index (χ1n) is 8.97. The third-order valence-corrected chi connectivity index (χ3v) is 4.18. The second kappa shape index (κ2) is 9.72. The molecule has 0 spiro atoms. The third-order valence-electron chi connectivity index (χ3n) is 4.18. The number of aryl methyl sites for hydroxylation is 1. The lowest BCUT2D eigenvalue weighted by molar-refractivity contribution is -0.116. The number of amides is 1. The zero-order valence-electron chi connectivity index (χ0n) is 15.4. The number of anilines is 2. The van der Waals surface area contributed by atoms with Gasteiger partial charge < -0.3 is 15.0 Å². The molecule has 2 aromatic carbocycles. The largest absolute Gasteiger partial charge is 0.493 e. The van der Waals surface area contributed by atoms with Crippen LogP contribution in [0.15, 0.2) is 48.5 Å². The molecule has 0 radical (unpaired) electrons. The topological polar surface area (TPSA) is 41.6 Å². The van der Waals surface area contributed by atoms with Crippen molar-refractivity contribution >= 4 is 17.3 Å². The van der Waals surface area contributed by atoms with Crippen molar-refractivity contribution in [3.8, 4) is 5.75 Å². The van der Waals surface area contributed by atoms with Gasteiger partial charge in [-0.15, -0.1) is 0 Å². The number of nitrogens with one attached hydrogen (secondary N) is 1. The number of ether oxygens (including phenoxy) is 1. The molecule has 25 heavy (non-hydrogen) atoms. The lowest BCUT2D eigenvalue weighted by Crippen LogP contribution is -2.21. The minimum absolute atomic E-state index is 0.0176. The van der Waals surface area contributed by atoms with E-state index < -0.39 is 0 Å². The Morgan fingerprint density at radius 3 is 2.36 bits per heavy atom. The number of nitrogens with zero attached hydrogens (tertiary/aromatic N) is 1. The van der Waals surface area contributed by atoms with Crippen LogP contribution in [-0.2, 0) is 4.79 Å². The fourth-order valence-electron chi connectivity index (χ4n) is 2.70. The molecule has 4 nitrogen and oxygen atoms in total. The summed E-state index contributed by atoms with van der Waals surface area (Å²) in [6.07, 6.45) is 1.14. The molecule has 0 heterocycles. The summed E-state index contributed by atoms with van der Waals surface area (Å²) in [5.74, 6) is 0.902. The van der Waals surface area contributed by atoms with Gasteiger partial charge in [-0.1, -0.05) is 18.2 Å². The van der Waals surface area contributed by atoms with Crippen molar-refractivity contribution in [2.45, 2.75) is 33.6 Å². The third kappa shape index (κ3) is 5.82. The van der Waals surface area contributed by atoms with Crippen LogP contribution in [0.5, 0.6) is 5.75 Å². The zero-order chi connectivity index (χ0) is 18.1. The summed E-state index contributed by atoms with van der Waals surface area (Å²) in [6, 6.07) is 15.9. The molecule has 2 aromatic rings. The molecule has 0 saturated heterocycles. The van der Waals surface area contributed by atoms with Gasteiger partial charge >= 0.3 is 0 Å². The van der Waals surface area contributed by atoms with E-state index in [9.17, 15) is 4.79 Å². The lowest BCUT2D eigenvalue weighted by Gasteiger charge is -2.21. The molecule has 4 heteroatoms. The van der Waals surface area contributed by atoms with Crippen LogP contribution >= 0.6 is 0 Å². The molecule has 0 aliphatic carbocycles. The van der Waals surface area contributed by atoms with Crippen molar-refractivity contribution in [1.82, 2.24) is 0 Å². The number of hydrogen-bond donors (Lipinski definition) is 1. The number of rotatable bonds is 9. The number of benzene rings is 2. The Labute approximate surface area is 150 Å². The summed E-state index contributed by atoms with van der Waals surface area (Å²) >= 11 is 0. The van der Waals surface area contributed by atoms with Crippen molar-refractivity contribution in [2.24, 2.45) is 0 Å². The SMILES string of the molecule is CCN(CC)c1ccc(NC(=O)CCCOc2ccccc2C)cc1. The number of carbonyl (C=O) groups is 1. The van der Waals surface area contributed by atoms with E-state index in [0.29, 0.717) is 19.4 Å². The van der Waals surface area contributed by atoms with Crippen LogP contribution in [0.1, 0.15) is 32.3 Å². The normalized spacial score (nSPS) is 10.4.